The van der Waals surface area contributed by atoms with Crippen molar-refractivity contribution in [3.05, 3.63) is 59.8 Å². The van der Waals surface area contributed by atoms with Gasteiger partial charge in [0.05, 0.1) is 11.7 Å². The molecule has 2 aromatic rings. The summed E-state index contributed by atoms with van der Waals surface area (Å²) in [6, 6.07) is 12.1. The predicted molar refractivity (Wildman–Crippen MR) is 85.6 cm³/mol. The molecule has 6 heteroatoms. The predicted octanol–water partition coefficient (Wildman–Crippen LogP) is 4.68. The molecular formula is C18H19F3N2O. The number of hydrogen-bond acceptors (Lipinski definition) is 3. The van der Waals surface area contributed by atoms with Gasteiger partial charge in [0.2, 0.25) is 0 Å². The molecule has 0 amide bonds. The van der Waals surface area contributed by atoms with E-state index in [4.69, 9.17) is 4.74 Å². The highest BCUT2D eigenvalue weighted by Crippen LogP contribution is 2.36. The van der Waals surface area contributed by atoms with Crippen molar-refractivity contribution in [2.75, 3.05) is 18.5 Å². The molecule has 1 saturated heterocycles. The van der Waals surface area contributed by atoms with Crippen LogP contribution in [0.15, 0.2) is 48.7 Å². The minimum Gasteiger partial charge on any atom is -0.373 e. The number of ether oxygens (including phenoxy) is 1. The maximum absolute atomic E-state index is 13.1. The van der Waals surface area contributed by atoms with E-state index in [-0.39, 0.29) is 17.8 Å². The van der Waals surface area contributed by atoms with Gasteiger partial charge < -0.3 is 10.1 Å². The normalized spacial score (nSPS) is 21.5. The van der Waals surface area contributed by atoms with Crippen molar-refractivity contribution >= 4 is 5.82 Å². The standard InChI is InChI=1S/C18H19F3N2O/c19-18(20,21)15-9-4-10-22-17(15)23-12-14-8-5-11-24-16(14)13-6-2-1-3-7-13/h1-4,6-7,9-10,14,16H,5,8,11-12H2,(H,22,23). The lowest BCUT2D eigenvalue weighted by Crippen LogP contribution is -2.29. The third-order valence-corrected chi connectivity index (χ3v) is 4.22. The third-order valence-electron chi connectivity index (χ3n) is 4.22. The first kappa shape index (κ1) is 16.8. The summed E-state index contributed by atoms with van der Waals surface area (Å²) in [5, 5.41) is 2.88. The van der Waals surface area contributed by atoms with Crippen LogP contribution in [0, 0.1) is 5.92 Å². The maximum Gasteiger partial charge on any atom is 0.419 e. The van der Waals surface area contributed by atoms with Gasteiger partial charge in [0.15, 0.2) is 0 Å². The number of hydrogen-bond donors (Lipinski definition) is 1. The molecule has 0 aliphatic carbocycles. The molecule has 0 radical (unpaired) electrons. The van der Waals surface area contributed by atoms with Crippen molar-refractivity contribution in [2.45, 2.75) is 25.1 Å². The van der Waals surface area contributed by atoms with Crippen LogP contribution in [0.5, 0.6) is 0 Å². The number of nitrogens with one attached hydrogen (secondary N) is 1. The zero-order chi connectivity index (χ0) is 17.0. The van der Waals surface area contributed by atoms with Gasteiger partial charge in [0.1, 0.15) is 5.82 Å². The molecule has 1 aliphatic rings. The average Bonchev–Trinajstić information content (AvgIpc) is 2.60. The topological polar surface area (TPSA) is 34.2 Å². The van der Waals surface area contributed by atoms with Crippen molar-refractivity contribution in [2.24, 2.45) is 5.92 Å². The van der Waals surface area contributed by atoms with Crippen LogP contribution in [0.2, 0.25) is 0 Å². The molecule has 1 N–H and O–H groups in total. The fourth-order valence-corrected chi connectivity index (χ4v) is 3.07. The van der Waals surface area contributed by atoms with E-state index in [0.29, 0.717) is 13.2 Å². The largest absolute Gasteiger partial charge is 0.419 e. The Hall–Kier alpha value is -2.08. The molecule has 3 rings (SSSR count). The van der Waals surface area contributed by atoms with Gasteiger partial charge in [-0.1, -0.05) is 30.3 Å². The van der Waals surface area contributed by atoms with Gasteiger partial charge in [-0.3, -0.25) is 0 Å². The lowest BCUT2D eigenvalue weighted by molar-refractivity contribution is -0.137. The fraction of sp³-hybridized carbons (Fsp3) is 0.389. The van der Waals surface area contributed by atoms with Crippen molar-refractivity contribution in [3.8, 4) is 0 Å². The zero-order valence-electron chi connectivity index (χ0n) is 13.1. The molecule has 1 aromatic heterocycles. The van der Waals surface area contributed by atoms with Gasteiger partial charge in [0.25, 0.3) is 0 Å². The minimum absolute atomic E-state index is 0.101. The molecule has 24 heavy (non-hydrogen) atoms. The highest BCUT2D eigenvalue weighted by Gasteiger charge is 2.34. The lowest BCUT2D eigenvalue weighted by Gasteiger charge is -2.32. The van der Waals surface area contributed by atoms with Gasteiger partial charge in [-0.2, -0.15) is 13.2 Å². The van der Waals surface area contributed by atoms with Crippen LogP contribution >= 0.6 is 0 Å². The van der Waals surface area contributed by atoms with Crippen LogP contribution in [0.4, 0.5) is 19.0 Å². The number of anilines is 1. The molecule has 3 nitrogen and oxygen atoms in total. The average molecular weight is 336 g/mol. The van der Waals surface area contributed by atoms with Gasteiger partial charge in [-0.25, -0.2) is 4.98 Å². The van der Waals surface area contributed by atoms with Crippen molar-refractivity contribution in [3.63, 3.8) is 0 Å². The van der Waals surface area contributed by atoms with Gasteiger partial charge in [0, 0.05) is 25.3 Å². The molecular weight excluding hydrogens is 317 g/mol. The van der Waals surface area contributed by atoms with E-state index in [1.54, 1.807) is 0 Å². The number of pyridine rings is 1. The Labute approximate surface area is 138 Å². The first-order valence-corrected chi connectivity index (χ1v) is 7.98. The fourth-order valence-electron chi connectivity index (χ4n) is 3.07. The SMILES string of the molecule is FC(F)(F)c1cccnc1NCC1CCCOC1c1ccccc1. The highest BCUT2D eigenvalue weighted by molar-refractivity contribution is 5.45. The Morgan fingerprint density at radius 2 is 1.92 bits per heavy atom. The summed E-state index contributed by atoms with van der Waals surface area (Å²) < 4.78 is 45.0. The van der Waals surface area contributed by atoms with Crippen LogP contribution in [0.1, 0.15) is 30.1 Å². The van der Waals surface area contributed by atoms with Gasteiger partial charge in [-0.05, 0) is 30.5 Å². The Morgan fingerprint density at radius 3 is 2.67 bits per heavy atom. The maximum atomic E-state index is 13.1. The number of nitrogens with zero attached hydrogens (tertiary/aromatic N) is 1. The van der Waals surface area contributed by atoms with Crippen LogP contribution < -0.4 is 5.32 Å². The van der Waals surface area contributed by atoms with E-state index < -0.39 is 11.7 Å². The minimum atomic E-state index is -4.42. The van der Waals surface area contributed by atoms with Crippen LogP contribution in [-0.2, 0) is 10.9 Å². The molecule has 0 bridgehead atoms. The second-order valence-corrected chi connectivity index (χ2v) is 5.88. The van der Waals surface area contributed by atoms with Crippen LogP contribution in [-0.4, -0.2) is 18.1 Å². The number of halogens is 3. The summed E-state index contributed by atoms with van der Waals surface area (Å²) in [4.78, 5) is 3.86. The molecule has 1 aliphatic heterocycles. The number of rotatable bonds is 4. The summed E-state index contributed by atoms with van der Waals surface area (Å²) in [6.45, 7) is 1.06. The summed E-state index contributed by atoms with van der Waals surface area (Å²) in [6.07, 6.45) is -1.35. The first-order valence-electron chi connectivity index (χ1n) is 7.98. The molecule has 2 unspecified atom stereocenters. The molecule has 1 fully saturated rings. The summed E-state index contributed by atoms with van der Waals surface area (Å²) >= 11 is 0. The van der Waals surface area contributed by atoms with E-state index in [2.05, 4.69) is 10.3 Å². The van der Waals surface area contributed by atoms with Crippen molar-refractivity contribution in [1.82, 2.24) is 4.98 Å². The van der Waals surface area contributed by atoms with E-state index in [9.17, 15) is 13.2 Å². The smallest absolute Gasteiger partial charge is 0.373 e. The Balaban J connectivity index is 1.74. The molecule has 0 spiro atoms. The van der Waals surface area contributed by atoms with Crippen molar-refractivity contribution < 1.29 is 17.9 Å². The van der Waals surface area contributed by atoms with Crippen LogP contribution in [0.3, 0.4) is 0 Å². The number of benzene rings is 1. The lowest BCUT2D eigenvalue weighted by atomic mass is 9.89. The summed E-state index contributed by atoms with van der Waals surface area (Å²) in [5.74, 6) is -0.0216. The third kappa shape index (κ3) is 3.87. The Kier molecular flexibility index (Phi) is 5.04. The van der Waals surface area contributed by atoms with Crippen LogP contribution in [0.25, 0.3) is 0 Å². The van der Waals surface area contributed by atoms with E-state index in [1.807, 2.05) is 30.3 Å². The summed E-state index contributed by atoms with van der Waals surface area (Å²) in [5.41, 5.74) is 0.319. The number of alkyl halides is 3. The molecule has 1 aromatic carbocycles. The highest BCUT2D eigenvalue weighted by atomic mass is 19.4. The van der Waals surface area contributed by atoms with Gasteiger partial charge >= 0.3 is 6.18 Å². The second-order valence-electron chi connectivity index (χ2n) is 5.88. The van der Waals surface area contributed by atoms with E-state index in [0.717, 1.165) is 24.5 Å². The second kappa shape index (κ2) is 7.21. The molecule has 2 atom stereocenters. The first-order chi connectivity index (χ1) is 11.6. The Bertz CT molecular complexity index is 661. The van der Waals surface area contributed by atoms with E-state index >= 15 is 0 Å². The quantitative estimate of drug-likeness (QED) is 0.880. The van der Waals surface area contributed by atoms with Gasteiger partial charge in [-0.15, -0.1) is 0 Å². The monoisotopic (exact) mass is 336 g/mol. The molecule has 128 valence electrons. The molecule has 2 heterocycles. The zero-order valence-corrected chi connectivity index (χ0v) is 13.1. The molecule has 0 saturated carbocycles. The number of aromatic nitrogens is 1. The summed E-state index contributed by atoms with van der Waals surface area (Å²) in [7, 11) is 0. The van der Waals surface area contributed by atoms with E-state index in [1.165, 1.54) is 12.3 Å². The Morgan fingerprint density at radius 1 is 1.12 bits per heavy atom. The van der Waals surface area contributed by atoms with Crippen molar-refractivity contribution in [1.29, 1.82) is 0 Å².